The summed E-state index contributed by atoms with van der Waals surface area (Å²) in [4.78, 5) is 16.2. The molecule has 1 aliphatic rings. The summed E-state index contributed by atoms with van der Waals surface area (Å²) in [6.07, 6.45) is 3.00. The molecule has 4 nitrogen and oxygen atoms in total. The second-order valence-corrected chi connectivity index (χ2v) is 5.96. The lowest BCUT2D eigenvalue weighted by atomic mass is 10.1. The molecule has 0 spiro atoms. The number of rotatable bonds is 2. The molecule has 19 heavy (non-hydrogen) atoms. The van der Waals surface area contributed by atoms with Gasteiger partial charge in [0.2, 0.25) is 0 Å². The Morgan fingerprint density at radius 2 is 2.47 bits per heavy atom. The second kappa shape index (κ2) is 5.06. The number of imidazole rings is 1. The monoisotopic (exact) mass is 296 g/mol. The van der Waals surface area contributed by atoms with E-state index in [1.54, 1.807) is 6.07 Å². The summed E-state index contributed by atoms with van der Waals surface area (Å²) in [5.41, 5.74) is 1.10. The van der Waals surface area contributed by atoms with Crippen molar-refractivity contribution in [3.63, 3.8) is 0 Å². The van der Waals surface area contributed by atoms with Gasteiger partial charge in [-0.25, -0.2) is 9.78 Å². The summed E-state index contributed by atoms with van der Waals surface area (Å²) in [5, 5.41) is 0.368. The minimum absolute atomic E-state index is 0.368. The number of fused-ring (bicyclic) bond motifs is 1. The van der Waals surface area contributed by atoms with Gasteiger partial charge in [-0.3, -0.25) is 0 Å². The van der Waals surface area contributed by atoms with E-state index in [0.717, 1.165) is 23.8 Å². The fourth-order valence-corrected chi connectivity index (χ4v) is 3.92. The Morgan fingerprint density at radius 3 is 3.16 bits per heavy atom. The molecule has 3 heterocycles. The van der Waals surface area contributed by atoms with Crippen molar-refractivity contribution in [3.8, 4) is 0 Å². The topological polar surface area (TPSA) is 43.6 Å². The summed E-state index contributed by atoms with van der Waals surface area (Å²) >= 11 is 8.14. The molecule has 0 aliphatic carbocycles. The fourth-order valence-electron chi connectivity index (χ4n) is 2.42. The summed E-state index contributed by atoms with van der Waals surface area (Å²) in [5.74, 6) is 3.15. The summed E-state index contributed by atoms with van der Waals surface area (Å²) in [6, 6.07) is 3.53. The van der Waals surface area contributed by atoms with Crippen LogP contribution in [0.5, 0.6) is 0 Å². The average molecular weight is 297 g/mol. The number of nitrogens with zero attached hydrogens (tertiary/aromatic N) is 2. The van der Waals surface area contributed by atoms with Crippen LogP contribution in [0.1, 0.15) is 28.5 Å². The summed E-state index contributed by atoms with van der Waals surface area (Å²) in [7, 11) is 1.37. The van der Waals surface area contributed by atoms with Crippen molar-refractivity contribution in [2.45, 2.75) is 12.3 Å². The Labute approximate surface area is 120 Å². The number of methoxy groups -OCH3 is 1. The highest BCUT2D eigenvalue weighted by molar-refractivity contribution is 7.99. The number of hydrogen-bond donors (Lipinski definition) is 0. The predicted octanol–water partition coefficient (Wildman–Crippen LogP) is 2.99. The molecule has 1 atom stereocenters. The van der Waals surface area contributed by atoms with Gasteiger partial charge in [0.05, 0.1) is 18.2 Å². The van der Waals surface area contributed by atoms with Crippen LogP contribution in [-0.2, 0) is 4.74 Å². The molecular formula is C13H13ClN2O2S. The lowest BCUT2D eigenvalue weighted by Gasteiger charge is -2.08. The average Bonchev–Trinajstić information content (AvgIpc) is 3.06. The third-order valence-electron chi connectivity index (χ3n) is 3.35. The zero-order valence-corrected chi connectivity index (χ0v) is 12.0. The van der Waals surface area contributed by atoms with Crippen LogP contribution in [0.4, 0.5) is 0 Å². The molecule has 1 fully saturated rings. The van der Waals surface area contributed by atoms with Crippen LogP contribution >= 0.6 is 23.4 Å². The third kappa shape index (κ3) is 2.11. The van der Waals surface area contributed by atoms with Crippen molar-refractivity contribution >= 4 is 34.8 Å². The van der Waals surface area contributed by atoms with E-state index in [2.05, 4.69) is 4.98 Å². The molecule has 0 aromatic carbocycles. The third-order valence-corrected chi connectivity index (χ3v) is 4.78. The van der Waals surface area contributed by atoms with E-state index >= 15 is 0 Å². The van der Waals surface area contributed by atoms with Crippen LogP contribution in [0.3, 0.4) is 0 Å². The highest BCUT2D eigenvalue weighted by Crippen LogP contribution is 2.34. The van der Waals surface area contributed by atoms with E-state index in [0.29, 0.717) is 22.2 Å². The van der Waals surface area contributed by atoms with Crippen LogP contribution in [0.15, 0.2) is 18.3 Å². The molecule has 0 bridgehead atoms. The standard InChI is InChI=1S/C13H13ClN2O2S/c1-18-13(17)9-3-2-5-16-10(9)11(14)15-12(16)8-4-6-19-7-8/h2-3,5,8H,4,6-7H2,1H3. The number of aromatic nitrogens is 2. The fraction of sp³-hybridized carbons (Fsp3) is 0.385. The zero-order chi connectivity index (χ0) is 13.4. The second-order valence-electron chi connectivity index (χ2n) is 4.45. The molecule has 0 N–H and O–H groups in total. The number of halogens is 1. The van der Waals surface area contributed by atoms with Crippen LogP contribution in [0, 0.1) is 0 Å². The smallest absolute Gasteiger partial charge is 0.340 e. The van der Waals surface area contributed by atoms with Crippen molar-refractivity contribution < 1.29 is 9.53 Å². The van der Waals surface area contributed by atoms with E-state index in [1.807, 2.05) is 28.4 Å². The van der Waals surface area contributed by atoms with Gasteiger partial charge in [-0.1, -0.05) is 11.6 Å². The maximum atomic E-state index is 11.8. The first-order valence-electron chi connectivity index (χ1n) is 6.05. The minimum Gasteiger partial charge on any atom is -0.465 e. The van der Waals surface area contributed by atoms with Crippen molar-refractivity contribution in [3.05, 3.63) is 34.9 Å². The molecule has 1 saturated heterocycles. The molecule has 1 aliphatic heterocycles. The zero-order valence-electron chi connectivity index (χ0n) is 10.4. The molecule has 6 heteroatoms. The molecule has 2 aromatic heterocycles. The van der Waals surface area contributed by atoms with Gasteiger partial charge in [0.25, 0.3) is 0 Å². The van der Waals surface area contributed by atoms with Gasteiger partial charge >= 0.3 is 5.97 Å². The number of hydrogen-bond acceptors (Lipinski definition) is 4. The van der Waals surface area contributed by atoms with Crippen molar-refractivity contribution in [1.82, 2.24) is 9.38 Å². The van der Waals surface area contributed by atoms with Crippen LogP contribution in [0.2, 0.25) is 5.15 Å². The van der Waals surface area contributed by atoms with Gasteiger partial charge in [-0.2, -0.15) is 11.8 Å². The SMILES string of the molecule is COC(=O)c1cccn2c(C3CCSC3)nc(Cl)c12. The van der Waals surface area contributed by atoms with E-state index in [4.69, 9.17) is 16.3 Å². The highest BCUT2D eigenvalue weighted by Gasteiger charge is 2.25. The number of ether oxygens (including phenoxy) is 1. The van der Waals surface area contributed by atoms with Crippen molar-refractivity contribution in [2.24, 2.45) is 0 Å². The van der Waals surface area contributed by atoms with Gasteiger partial charge in [0, 0.05) is 17.9 Å². The molecular weight excluding hydrogens is 284 g/mol. The Balaban J connectivity index is 2.19. The first-order chi connectivity index (χ1) is 9.22. The Morgan fingerprint density at radius 1 is 1.63 bits per heavy atom. The normalized spacial score (nSPS) is 18.9. The predicted molar refractivity (Wildman–Crippen MR) is 76.2 cm³/mol. The molecule has 2 aromatic rings. The first-order valence-corrected chi connectivity index (χ1v) is 7.58. The van der Waals surface area contributed by atoms with Crippen LogP contribution in [0.25, 0.3) is 5.52 Å². The quantitative estimate of drug-likeness (QED) is 0.799. The van der Waals surface area contributed by atoms with Gasteiger partial charge in [0.1, 0.15) is 5.82 Å². The Kier molecular flexibility index (Phi) is 3.41. The number of carbonyl (C=O) groups excluding carboxylic acids is 1. The van der Waals surface area contributed by atoms with E-state index in [-0.39, 0.29) is 5.97 Å². The molecule has 0 saturated carbocycles. The summed E-state index contributed by atoms with van der Waals surface area (Å²) < 4.78 is 6.71. The van der Waals surface area contributed by atoms with Gasteiger partial charge in [0.15, 0.2) is 5.15 Å². The van der Waals surface area contributed by atoms with Gasteiger partial charge < -0.3 is 9.14 Å². The Bertz CT molecular complexity index is 635. The first kappa shape index (κ1) is 12.8. The molecule has 1 unspecified atom stereocenters. The number of pyridine rings is 1. The molecule has 100 valence electrons. The van der Waals surface area contributed by atoms with Crippen LogP contribution < -0.4 is 0 Å². The highest BCUT2D eigenvalue weighted by atomic mass is 35.5. The molecule has 3 rings (SSSR count). The lowest BCUT2D eigenvalue weighted by molar-refractivity contribution is 0.0602. The maximum absolute atomic E-state index is 11.8. The minimum atomic E-state index is -0.389. The van der Waals surface area contributed by atoms with Gasteiger partial charge in [-0.15, -0.1) is 0 Å². The molecule has 0 amide bonds. The van der Waals surface area contributed by atoms with Crippen LogP contribution in [-0.4, -0.2) is 34.0 Å². The lowest BCUT2D eigenvalue weighted by Crippen LogP contribution is -2.06. The van der Waals surface area contributed by atoms with Crippen molar-refractivity contribution in [2.75, 3.05) is 18.6 Å². The number of thioether (sulfide) groups is 1. The largest absolute Gasteiger partial charge is 0.465 e. The van der Waals surface area contributed by atoms with E-state index in [1.165, 1.54) is 7.11 Å². The summed E-state index contributed by atoms with van der Waals surface area (Å²) in [6.45, 7) is 0. The number of carbonyl (C=O) groups is 1. The van der Waals surface area contributed by atoms with Gasteiger partial charge in [-0.05, 0) is 24.3 Å². The molecule has 0 radical (unpaired) electrons. The maximum Gasteiger partial charge on any atom is 0.340 e. The van der Waals surface area contributed by atoms with E-state index < -0.39 is 0 Å². The Hall–Kier alpha value is -1.20. The number of esters is 1. The van der Waals surface area contributed by atoms with Crippen molar-refractivity contribution in [1.29, 1.82) is 0 Å². The van der Waals surface area contributed by atoms with E-state index in [9.17, 15) is 4.79 Å².